The van der Waals surface area contributed by atoms with E-state index in [0.29, 0.717) is 17.9 Å². The number of carbonyl (C=O) groups is 1. The zero-order chi connectivity index (χ0) is 20.8. The Bertz CT molecular complexity index is 891. The molecular formula is C23H29N3O3. The molecule has 0 spiro atoms. The molecule has 0 aliphatic carbocycles. The van der Waals surface area contributed by atoms with Crippen molar-refractivity contribution in [3.05, 3.63) is 47.5 Å². The maximum Gasteiger partial charge on any atom is 0.237 e. The van der Waals surface area contributed by atoms with E-state index in [1.54, 1.807) is 20.3 Å². The lowest BCUT2D eigenvalue weighted by Gasteiger charge is -2.14. The summed E-state index contributed by atoms with van der Waals surface area (Å²) in [5.41, 5.74) is 4.57. The van der Waals surface area contributed by atoms with E-state index in [4.69, 9.17) is 14.5 Å². The summed E-state index contributed by atoms with van der Waals surface area (Å²) >= 11 is 0. The summed E-state index contributed by atoms with van der Waals surface area (Å²) in [4.78, 5) is 17.6. The van der Waals surface area contributed by atoms with Crippen molar-refractivity contribution in [1.82, 2.24) is 5.32 Å². The van der Waals surface area contributed by atoms with Crippen LogP contribution in [0.25, 0.3) is 0 Å². The molecule has 0 radical (unpaired) electrons. The molecular weight excluding hydrogens is 366 g/mol. The SMILES string of the molecule is CCNCCc1ccc(N=C(CC)C2C(=O)Nc3cc(OC)c(OC)cc32)cc1. The van der Waals surface area contributed by atoms with Crippen molar-refractivity contribution in [3.8, 4) is 11.5 Å². The van der Waals surface area contributed by atoms with Crippen LogP contribution < -0.4 is 20.1 Å². The van der Waals surface area contributed by atoms with Crippen molar-refractivity contribution in [2.75, 3.05) is 32.6 Å². The van der Waals surface area contributed by atoms with Crippen molar-refractivity contribution in [2.45, 2.75) is 32.6 Å². The van der Waals surface area contributed by atoms with Crippen molar-refractivity contribution >= 4 is 23.0 Å². The summed E-state index contributed by atoms with van der Waals surface area (Å²) in [6, 6.07) is 11.9. The Hall–Kier alpha value is -2.86. The molecule has 1 aliphatic rings. The van der Waals surface area contributed by atoms with Gasteiger partial charge in [0.1, 0.15) is 5.92 Å². The number of amides is 1. The molecule has 2 aromatic rings. The fourth-order valence-corrected chi connectivity index (χ4v) is 3.58. The number of hydrogen-bond acceptors (Lipinski definition) is 5. The number of hydrogen-bond donors (Lipinski definition) is 2. The average Bonchev–Trinajstić information content (AvgIpc) is 3.06. The van der Waals surface area contributed by atoms with Crippen molar-refractivity contribution in [3.63, 3.8) is 0 Å². The van der Waals surface area contributed by atoms with Crippen LogP contribution in [0.3, 0.4) is 0 Å². The summed E-state index contributed by atoms with van der Waals surface area (Å²) < 4.78 is 10.8. The number of nitrogens with zero attached hydrogens (tertiary/aromatic N) is 1. The monoisotopic (exact) mass is 395 g/mol. The summed E-state index contributed by atoms with van der Waals surface area (Å²) in [5, 5.41) is 6.28. The van der Waals surface area contributed by atoms with Crippen LogP contribution in [0.2, 0.25) is 0 Å². The summed E-state index contributed by atoms with van der Waals surface area (Å²) in [6.07, 6.45) is 1.66. The molecule has 154 valence electrons. The first-order chi connectivity index (χ1) is 14.1. The third-order valence-corrected chi connectivity index (χ3v) is 5.13. The van der Waals surface area contributed by atoms with E-state index in [-0.39, 0.29) is 5.91 Å². The van der Waals surface area contributed by atoms with Crippen LogP contribution in [0.1, 0.15) is 37.3 Å². The van der Waals surface area contributed by atoms with Gasteiger partial charge in [0, 0.05) is 17.5 Å². The highest BCUT2D eigenvalue weighted by Gasteiger charge is 2.35. The van der Waals surface area contributed by atoms with Gasteiger partial charge in [-0.15, -0.1) is 0 Å². The molecule has 2 N–H and O–H groups in total. The largest absolute Gasteiger partial charge is 0.493 e. The van der Waals surface area contributed by atoms with Gasteiger partial charge in [-0.05, 0) is 55.3 Å². The smallest absolute Gasteiger partial charge is 0.237 e. The number of ether oxygens (including phenoxy) is 2. The Kier molecular flexibility index (Phi) is 6.88. The van der Waals surface area contributed by atoms with Gasteiger partial charge >= 0.3 is 0 Å². The molecule has 0 saturated heterocycles. The summed E-state index contributed by atoms with van der Waals surface area (Å²) in [6.45, 7) is 6.07. The minimum Gasteiger partial charge on any atom is -0.493 e. The first-order valence-electron chi connectivity index (χ1n) is 10.0. The van der Waals surface area contributed by atoms with Crippen LogP contribution in [0.4, 0.5) is 11.4 Å². The van der Waals surface area contributed by atoms with Gasteiger partial charge in [-0.2, -0.15) is 0 Å². The van der Waals surface area contributed by atoms with E-state index < -0.39 is 5.92 Å². The highest BCUT2D eigenvalue weighted by Crippen LogP contribution is 2.42. The quantitative estimate of drug-likeness (QED) is 0.496. The zero-order valence-electron chi connectivity index (χ0n) is 17.5. The molecule has 6 heteroatoms. The fraction of sp³-hybridized carbons (Fsp3) is 0.391. The van der Waals surface area contributed by atoms with Gasteiger partial charge < -0.3 is 20.1 Å². The van der Waals surface area contributed by atoms with Crippen LogP contribution in [0.5, 0.6) is 11.5 Å². The van der Waals surface area contributed by atoms with E-state index in [1.165, 1.54) is 5.56 Å². The van der Waals surface area contributed by atoms with Crippen LogP contribution in [-0.2, 0) is 11.2 Å². The second-order valence-electron chi connectivity index (χ2n) is 6.94. The normalized spacial score (nSPS) is 15.8. The van der Waals surface area contributed by atoms with Crippen molar-refractivity contribution in [2.24, 2.45) is 4.99 Å². The van der Waals surface area contributed by atoms with Crippen LogP contribution in [0.15, 0.2) is 41.4 Å². The van der Waals surface area contributed by atoms with E-state index in [2.05, 4.69) is 29.7 Å². The van der Waals surface area contributed by atoms with Gasteiger partial charge in [-0.25, -0.2) is 0 Å². The van der Waals surface area contributed by atoms with Crippen molar-refractivity contribution in [1.29, 1.82) is 0 Å². The minimum absolute atomic E-state index is 0.0711. The Balaban J connectivity index is 1.88. The molecule has 1 atom stereocenters. The Labute approximate surface area is 172 Å². The molecule has 29 heavy (non-hydrogen) atoms. The van der Waals surface area contributed by atoms with Crippen LogP contribution in [0, 0.1) is 0 Å². The molecule has 1 aliphatic heterocycles. The maximum absolute atomic E-state index is 12.7. The van der Waals surface area contributed by atoms with E-state index in [9.17, 15) is 4.79 Å². The van der Waals surface area contributed by atoms with Crippen LogP contribution in [-0.4, -0.2) is 38.9 Å². The van der Waals surface area contributed by atoms with Gasteiger partial charge in [-0.3, -0.25) is 9.79 Å². The molecule has 1 heterocycles. The molecule has 1 unspecified atom stereocenters. The number of aliphatic imine (C=N–C) groups is 1. The van der Waals surface area contributed by atoms with Gasteiger partial charge in [0.2, 0.25) is 5.91 Å². The average molecular weight is 396 g/mol. The Morgan fingerprint density at radius 1 is 1.10 bits per heavy atom. The maximum atomic E-state index is 12.7. The number of rotatable bonds is 9. The third kappa shape index (κ3) is 4.59. The number of nitrogens with one attached hydrogen (secondary N) is 2. The predicted molar refractivity (Wildman–Crippen MR) is 117 cm³/mol. The zero-order valence-corrected chi connectivity index (χ0v) is 17.5. The summed E-state index contributed by atoms with van der Waals surface area (Å²) in [7, 11) is 3.18. The Morgan fingerprint density at radius 3 is 2.41 bits per heavy atom. The number of fused-ring (bicyclic) bond motifs is 1. The lowest BCUT2D eigenvalue weighted by molar-refractivity contribution is -0.115. The standard InChI is InChI=1S/C23H29N3O3/c1-5-18(25-16-9-7-15(8-10-16)11-12-24-6-2)22-17-13-20(28-3)21(29-4)14-19(17)26-23(22)27/h7-10,13-14,22,24H,5-6,11-12H2,1-4H3,(H,26,27). The molecule has 0 fully saturated rings. The highest BCUT2D eigenvalue weighted by molar-refractivity contribution is 6.19. The molecule has 6 nitrogen and oxygen atoms in total. The van der Waals surface area contributed by atoms with Crippen LogP contribution >= 0.6 is 0 Å². The molecule has 3 rings (SSSR count). The van der Waals surface area contributed by atoms with Gasteiger partial charge in [0.25, 0.3) is 0 Å². The van der Waals surface area contributed by atoms with E-state index >= 15 is 0 Å². The lowest BCUT2D eigenvalue weighted by Crippen LogP contribution is -2.20. The summed E-state index contributed by atoms with van der Waals surface area (Å²) in [5.74, 6) is 0.699. The molecule has 2 aromatic carbocycles. The molecule has 0 aromatic heterocycles. The molecule has 0 bridgehead atoms. The Morgan fingerprint density at radius 2 is 1.79 bits per heavy atom. The number of likely N-dealkylation sites (N-methyl/N-ethyl adjacent to an activating group) is 1. The highest BCUT2D eigenvalue weighted by atomic mass is 16.5. The van der Waals surface area contributed by atoms with Gasteiger partial charge in [0.15, 0.2) is 11.5 Å². The van der Waals surface area contributed by atoms with Gasteiger partial charge in [-0.1, -0.05) is 26.0 Å². The second kappa shape index (κ2) is 9.56. The van der Waals surface area contributed by atoms with Crippen molar-refractivity contribution < 1.29 is 14.3 Å². The fourth-order valence-electron chi connectivity index (χ4n) is 3.58. The molecule has 1 amide bonds. The number of methoxy groups -OCH3 is 2. The lowest BCUT2D eigenvalue weighted by atomic mass is 9.93. The minimum atomic E-state index is -0.428. The van der Waals surface area contributed by atoms with E-state index in [0.717, 1.165) is 42.2 Å². The third-order valence-electron chi connectivity index (χ3n) is 5.13. The number of carbonyl (C=O) groups excluding carboxylic acids is 1. The first-order valence-corrected chi connectivity index (χ1v) is 10.0. The number of anilines is 1. The second-order valence-corrected chi connectivity index (χ2v) is 6.94. The first kappa shape index (κ1) is 20.9. The number of benzene rings is 2. The van der Waals surface area contributed by atoms with Gasteiger partial charge in [0.05, 0.1) is 19.9 Å². The predicted octanol–water partition coefficient (Wildman–Crippen LogP) is 4.07. The van der Waals surface area contributed by atoms with E-state index in [1.807, 2.05) is 25.1 Å². The molecule has 0 saturated carbocycles. The topological polar surface area (TPSA) is 72.0 Å².